The lowest BCUT2D eigenvalue weighted by atomic mass is 9.84. The van der Waals surface area contributed by atoms with Crippen molar-refractivity contribution in [2.24, 2.45) is 5.41 Å². The molecule has 136 valence electrons. The molecular formula is C20H35N3O. The summed E-state index contributed by atoms with van der Waals surface area (Å²) in [6, 6.07) is 9.92. The van der Waals surface area contributed by atoms with E-state index in [1.165, 1.54) is 0 Å². The van der Waals surface area contributed by atoms with Crippen molar-refractivity contribution >= 4 is 5.91 Å². The molecule has 0 aliphatic rings. The molecule has 4 nitrogen and oxygen atoms in total. The Bertz CT molecular complexity index is 495. The van der Waals surface area contributed by atoms with E-state index >= 15 is 0 Å². The van der Waals surface area contributed by atoms with E-state index in [0.29, 0.717) is 0 Å². The maximum atomic E-state index is 13.1. The van der Waals surface area contributed by atoms with Gasteiger partial charge in [0.25, 0.3) is 0 Å². The van der Waals surface area contributed by atoms with Crippen molar-refractivity contribution in [3.8, 4) is 0 Å². The zero-order valence-corrected chi connectivity index (χ0v) is 16.5. The first-order valence-corrected chi connectivity index (χ1v) is 8.97. The Balaban J connectivity index is 2.97. The fourth-order valence-electron chi connectivity index (χ4n) is 3.19. The van der Waals surface area contributed by atoms with Gasteiger partial charge < -0.3 is 10.2 Å². The molecular weight excluding hydrogens is 298 g/mol. The van der Waals surface area contributed by atoms with Crippen LogP contribution in [0.1, 0.15) is 46.2 Å². The molecule has 1 rings (SSSR count). The molecule has 1 aromatic rings. The second-order valence-electron chi connectivity index (χ2n) is 7.49. The minimum absolute atomic E-state index is 0.00363. The second kappa shape index (κ2) is 9.19. The van der Waals surface area contributed by atoms with Gasteiger partial charge in [0, 0.05) is 12.6 Å². The molecule has 0 heterocycles. The van der Waals surface area contributed by atoms with Gasteiger partial charge in [-0.05, 0) is 45.1 Å². The van der Waals surface area contributed by atoms with Crippen molar-refractivity contribution in [3.05, 3.63) is 35.9 Å². The van der Waals surface area contributed by atoms with Gasteiger partial charge in [-0.2, -0.15) is 0 Å². The van der Waals surface area contributed by atoms with Crippen LogP contribution in [0.15, 0.2) is 30.3 Å². The van der Waals surface area contributed by atoms with Crippen molar-refractivity contribution in [1.29, 1.82) is 0 Å². The topological polar surface area (TPSA) is 35.6 Å². The summed E-state index contributed by atoms with van der Waals surface area (Å²) in [5.41, 5.74) is 1.06. The molecule has 1 aromatic carbocycles. The van der Waals surface area contributed by atoms with E-state index in [2.05, 4.69) is 63.8 Å². The number of hydrogen-bond donors (Lipinski definition) is 1. The van der Waals surface area contributed by atoms with Crippen LogP contribution in [-0.2, 0) is 4.79 Å². The third kappa shape index (κ3) is 5.60. The van der Waals surface area contributed by atoms with Crippen LogP contribution in [-0.4, -0.2) is 55.5 Å². The highest BCUT2D eigenvalue weighted by Gasteiger charge is 2.32. The normalized spacial score (nSPS) is 14.7. The molecule has 0 fully saturated rings. The Morgan fingerprint density at radius 2 is 1.67 bits per heavy atom. The fraction of sp³-hybridized carbons (Fsp3) is 0.650. The standard InChI is InChI=1S/C20H35N3O/c1-8-23(9-2)18(17-13-11-10-12-14-17)19(24)21-16(3)20(4,5)15-22(6)7/h10-14,16,18H,8-9,15H2,1-7H3,(H,21,24)/t16-,18+/m0/s1. The van der Waals surface area contributed by atoms with Crippen molar-refractivity contribution in [1.82, 2.24) is 15.1 Å². The highest BCUT2D eigenvalue weighted by Crippen LogP contribution is 2.25. The summed E-state index contributed by atoms with van der Waals surface area (Å²) in [5, 5.41) is 3.27. The van der Waals surface area contributed by atoms with E-state index in [0.717, 1.165) is 25.2 Å². The van der Waals surface area contributed by atoms with Crippen LogP contribution in [0, 0.1) is 5.41 Å². The summed E-state index contributed by atoms with van der Waals surface area (Å²) in [6.07, 6.45) is 0. The lowest BCUT2D eigenvalue weighted by Crippen LogP contribution is -2.50. The van der Waals surface area contributed by atoms with Crippen LogP contribution in [0.2, 0.25) is 0 Å². The number of rotatable bonds is 9. The summed E-state index contributed by atoms with van der Waals surface area (Å²) in [4.78, 5) is 17.5. The molecule has 2 atom stereocenters. The van der Waals surface area contributed by atoms with Crippen molar-refractivity contribution < 1.29 is 4.79 Å². The van der Waals surface area contributed by atoms with Crippen LogP contribution in [0.4, 0.5) is 0 Å². The SMILES string of the molecule is CCN(CC)[C@@H](C(=O)N[C@@H](C)C(C)(C)CN(C)C)c1ccccc1. The zero-order chi connectivity index (χ0) is 18.3. The number of benzene rings is 1. The van der Waals surface area contributed by atoms with Crippen molar-refractivity contribution in [2.45, 2.75) is 46.7 Å². The largest absolute Gasteiger partial charge is 0.351 e. The second-order valence-corrected chi connectivity index (χ2v) is 7.49. The minimum atomic E-state index is -0.237. The third-order valence-corrected chi connectivity index (χ3v) is 4.80. The van der Waals surface area contributed by atoms with Gasteiger partial charge >= 0.3 is 0 Å². The van der Waals surface area contributed by atoms with Gasteiger partial charge in [0.15, 0.2) is 0 Å². The quantitative estimate of drug-likeness (QED) is 0.754. The summed E-state index contributed by atoms with van der Waals surface area (Å²) in [6.45, 7) is 13.3. The van der Waals surface area contributed by atoms with Crippen LogP contribution < -0.4 is 5.32 Å². The molecule has 0 aliphatic carbocycles. The average Bonchev–Trinajstić information content (AvgIpc) is 2.51. The van der Waals surface area contributed by atoms with E-state index in [9.17, 15) is 4.79 Å². The van der Waals surface area contributed by atoms with Gasteiger partial charge in [0.2, 0.25) is 5.91 Å². The molecule has 0 aromatic heterocycles. The maximum absolute atomic E-state index is 13.1. The third-order valence-electron chi connectivity index (χ3n) is 4.80. The van der Waals surface area contributed by atoms with E-state index in [1.807, 2.05) is 30.3 Å². The number of amides is 1. The van der Waals surface area contributed by atoms with E-state index < -0.39 is 0 Å². The van der Waals surface area contributed by atoms with Gasteiger partial charge in [-0.1, -0.05) is 58.0 Å². The average molecular weight is 334 g/mol. The molecule has 0 spiro atoms. The monoisotopic (exact) mass is 333 g/mol. The first-order chi connectivity index (χ1) is 11.2. The van der Waals surface area contributed by atoms with Crippen LogP contribution in [0.3, 0.4) is 0 Å². The molecule has 1 amide bonds. The highest BCUT2D eigenvalue weighted by atomic mass is 16.2. The molecule has 0 unspecified atom stereocenters. The molecule has 0 aliphatic heterocycles. The first-order valence-electron chi connectivity index (χ1n) is 8.97. The summed E-state index contributed by atoms with van der Waals surface area (Å²) in [7, 11) is 4.14. The van der Waals surface area contributed by atoms with Crippen molar-refractivity contribution in [3.63, 3.8) is 0 Å². The number of carbonyl (C=O) groups excluding carboxylic acids is 1. The highest BCUT2D eigenvalue weighted by molar-refractivity contribution is 5.83. The van der Waals surface area contributed by atoms with Crippen LogP contribution in [0.25, 0.3) is 0 Å². The van der Waals surface area contributed by atoms with Gasteiger partial charge in [0.05, 0.1) is 0 Å². The molecule has 0 saturated heterocycles. The van der Waals surface area contributed by atoms with E-state index in [1.54, 1.807) is 0 Å². The number of likely N-dealkylation sites (N-methyl/N-ethyl adjacent to an activating group) is 1. The Morgan fingerprint density at radius 1 is 1.12 bits per heavy atom. The van der Waals surface area contributed by atoms with Crippen molar-refractivity contribution in [2.75, 3.05) is 33.7 Å². The molecule has 0 saturated carbocycles. The summed E-state index contributed by atoms with van der Waals surface area (Å²) < 4.78 is 0. The van der Waals surface area contributed by atoms with Crippen LogP contribution >= 0.6 is 0 Å². The Kier molecular flexibility index (Phi) is 7.91. The van der Waals surface area contributed by atoms with Gasteiger partial charge in [-0.15, -0.1) is 0 Å². The van der Waals surface area contributed by atoms with Crippen LogP contribution in [0.5, 0.6) is 0 Å². The molecule has 0 bridgehead atoms. The van der Waals surface area contributed by atoms with Gasteiger partial charge in [-0.3, -0.25) is 9.69 Å². The molecule has 24 heavy (non-hydrogen) atoms. The number of carbonyl (C=O) groups is 1. The lowest BCUT2D eigenvalue weighted by molar-refractivity contribution is -0.128. The maximum Gasteiger partial charge on any atom is 0.242 e. The number of nitrogens with zero attached hydrogens (tertiary/aromatic N) is 2. The smallest absolute Gasteiger partial charge is 0.242 e. The Morgan fingerprint density at radius 3 is 2.12 bits per heavy atom. The number of hydrogen-bond acceptors (Lipinski definition) is 3. The fourth-order valence-corrected chi connectivity index (χ4v) is 3.19. The zero-order valence-electron chi connectivity index (χ0n) is 16.5. The summed E-state index contributed by atoms with van der Waals surface area (Å²) in [5.74, 6) is 0.0873. The van der Waals surface area contributed by atoms with Gasteiger partial charge in [-0.25, -0.2) is 0 Å². The molecule has 4 heteroatoms. The summed E-state index contributed by atoms with van der Waals surface area (Å²) >= 11 is 0. The van der Waals surface area contributed by atoms with Gasteiger partial charge in [0.1, 0.15) is 6.04 Å². The Labute approximate surface area is 148 Å². The molecule has 0 radical (unpaired) electrons. The van der Waals surface area contributed by atoms with E-state index in [4.69, 9.17) is 0 Å². The van der Waals surface area contributed by atoms with E-state index in [-0.39, 0.29) is 23.4 Å². The molecule has 1 N–H and O–H groups in total. The predicted molar refractivity (Wildman–Crippen MR) is 102 cm³/mol. The predicted octanol–water partition coefficient (Wildman–Crippen LogP) is 3.16. The Hall–Kier alpha value is -1.39. The lowest BCUT2D eigenvalue weighted by Gasteiger charge is -2.37. The number of nitrogens with one attached hydrogen (secondary N) is 1. The minimum Gasteiger partial charge on any atom is -0.351 e. The first kappa shape index (κ1) is 20.7.